The number of hydrogen-bond acceptors (Lipinski definition) is 6. The van der Waals surface area contributed by atoms with E-state index in [1.807, 2.05) is 30.0 Å². The van der Waals surface area contributed by atoms with Crippen molar-refractivity contribution in [3.05, 3.63) is 51.9 Å². The lowest BCUT2D eigenvalue weighted by atomic mass is 10.1. The number of morpholine rings is 1. The van der Waals surface area contributed by atoms with Crippen LogP contribution < -0.4 is 15.8 Å². The highest BCUT2D eigenvalue weighted by Crippen LogP contribution is 2.17. The largest absolute Gasteiger partial charge is 0.378 e. The van der Waals surface area contributed by atoms with Crippen LogP contribution >= 0.6 is 11.8 Å². The molecule has 0 bridgehead atoms. The maximum absolute atomic E-state index is 12.5. The molecule has 156 valence electrons. The molecule has 29 heavy (non-hydrogen) atoms. The molecule has 1 aromatic carbocycles. The molecule has 2 heterocycles. The monoisotopic (exact) mass is 416 g/mol. The van der Waals surface area contributed by atoms with Crippen LogP contribution in [-0.4, -0.2) is 54.5 Å². The Balaban J connectivity index is 1.40. The number of nitrogens with one attached hydrogen (secondary N) is 2. The van der Waals surface area contributed by atoms with E-state index in [1.165, 1.54) is 4.90 Å². The van der Waals surface area contributed by atoms with E-state index in [9.17, 15) is 9.59 Å². The van der Waals surface area contributed by atoms with Gasteiger partial charge in [-0.1, -0.05) is 18.2 Å². The van der Waals surface area contributed by atoms with Gasteiger partial charge in [-0.25, -0.2) is 4.98 Å². The predicted octanol–water partition coefficient (Wildman–Crippen LogP) is 2.15. The van der Waals surface area contributed by atoms with E-state index >= 15 is 0 Å². The van der Waals surface area contributed by atoms with E-state index in [-0.39, 0.29) is 17.9 Å². The summed E-state index contributed by atoms with van der Waals surface area (Å²) in [5, 5.41) is 2.93. The maximum atomic E-state index is 12.5. The van der Waals surface area contributed by atoms with Crippen LogP contribution in [0.1, 0.15) is 24.1 Å². The number of aromatic amines is 1. The van der Waals surface area contributed by atoms with Gasteiger partial charge >= 0.3 is 0 Å². The lowest BCUT2D eigenvalue weighted by Crippen LogP contribution is -2.38. The molecule has 1 fully saturated rings. The normalized spacial score (nSPS) is 14.0. The summed E-state index contributed by atoms with van der Waals surface area (Å²) in [6.07, 6.45) is 1.58. The molecule has 8 heteroatoms. The van der Waals surface area contributed by atoms with Crippen molar-refractivity contribution in [3.63, 3.8) is 0 Å². The SMILES string of the molecule is Cc1nc(N2CCOCC2)[nH]c(=O)c1CCC(=O)NCCCSc1ccccc1. The first-order valence-corrected chi connectivity index (χ1v) is 11.0. The fourth-order valence-electron chi connectivity index (χ4n) is 3.15. The second-order valence-electron chi connectivity index (χ2n) is 6.92. The van der Waals surface area contributed by atoms with Gasteiger partial charge in [-0.15, -0.1) is 11.8 Å². The minimum absolute atomic E-state index is 0.0363. The van der Waals surface area contributed by atoms with Gasteiger partial charge in [0.1, 0.15) is 0 Å². The average molecular weight is 417 g/mol. The summed E-state index contributed by atoms with van der Waals surface area (Å²) >= 11 is 1.78. The Morgan fingerprint density at radius 3 is 2.76 bits per heavy atom. The lowest BCUT2D eigenvalue weighted by Gasteiger charge is -2.27. The first-order chi connectivity index (χ1) is 14.1. The van der Waals surface area contributed by atoms with Crippen LogP contribution in [0.15, 0.2) is 40.0 Å². The van der Waals surface area contributed by atoms with Crippen molar-refractivity contribution in [2.75, 3.05) is 43.5 Å². The Morgan fingerprint density at radius 1 is 1.28 bits per heavy atom. The number of carbonyl (C=O) groups is 1. The Labute approximate surface area is 175 Å². The molecule has 1 amide bonds. The number of thioether (sulfide) groups is 1. The van der Waals surface area contributed by atoms with Gasteiger partial charge in [0.05, 0.1) is 13.2 Å². The van der Waals surface area contributed by atoms with Crippen LogP contribution in [0.3, 0.4) is 0 Å². The Morgan fingerprint density at radius 2 is 2.03 bits per heavy atom. The van der Waals surface area contributed by atoms with Gasteiger partial charge in [-0.2, -0.15) is 0 Å². The molecule has 1 aliphatic rings. The van der Waals surface area contributed by atoms with E-state index in [4.69, 9.17) is 4.74 Å². The van der Waals surface area contributed by atoms with Crippen LogP contribution in [0.2, 0.25) is 0 Å². The average Bonchev–Trinajstić information content (AvgIpc) is 2.74. The van der Waals surface area contributed by atoms with Crippen LogP contribution in [0.5, 0.6) is 0 Å². The first kappa shape index (κ1) is 21.4. The van der Waals surface area contributed by atoms with Crippen molar-refractivity contribution in [1.29, 1.82) is 0 Å². The van der Waals surface area contributed by atoms with Crippen LogP contribution in [0, 0.1) is 6.92 Å². The summed E-state index contributed by atoms with van der Waals surface area (Å²) in [5.74, 6) is 1.50. The van der Waals surface area contributed by atoms with Crippen LogP contribution in [0.4, 0.5) is 5.95 Å². The maximum Gasteiger partial charge on any atom is 0.255 e. The smallest absolute Gasteiger partial charge is 0.255 e. The summed E-state index contributed by atoms with van der Waals surface area (Å²) in [6, 6.07) is 10.2. The van der Waals surface area contributed by atoms with Gasteiger partial charge < -0.3 is 15.0 Å². The fourth-order valence-corrected chi connectivity index (χ4v) is 4.02. The number of hydrogen-bond donors (Lipinski definition) is 2. The predicted molar refractivity (Wildman–Crippen MR) is 116 cm³/mol. The number of H-pyrrole nitrogens is 1. The Bertz CT molecular complexity index is 851. The van der Waals surface area contributed by atoms with Crippen LogP contribution in [-0.2, 0) is 16.0 Å². The van der Waals surface area contributed by atoms with Crippen LogP contribution in [0.25, 0.3) is 0 Å². The molecule has 0 aliphatic carbocycles. The molecule has 1 saturated heterocycles. The number of rotatable bonds is 9. The van der Waals surface area contributed by atoms with E-state index in [0.29, 0.717) is 56.5 Å². The highest BCUT2D eigenvalue weighted by Gasteiger charge is 2.16. The topological polar surface area (TPSA) is 87.3 Å². The molecule has 1 aromatic heterocycles. The lowest BCUT2D eigenvalue weighted by molar-refractivity contribution is -0.121. The summed E-state index contributed by atoms with van der Waals surface area (Å²) in [4.78, 5) is 35.2. The minimum atomic E-state index is -0.161. The van der Waals surface area contributed by atoms with Gasteiger partial charge in [0.15, 0.2) is 0 Å². The molecule has 1 aliphatic heterocycles. The zero-order valence-electron chi connectivity index (χ0n) is 16.8. The molecule has 0 saturated carbocycles. The number of carbonyl (C=O) groups excluding carboxylic acids is 1. The Kier molecular flexibility index (Phi) is 8.13. The zero-order chi connectivity index (χ0) is 20.5. The number of amides is 1. The molecular weight excluding hydrogens is 388 g/mol. The van der Waals surface area contributed by atoms with Gasteiger partial charge in [-0.3, -0.25) is 14.6 Å². The van der Waals surface area contributed by atoms with Gasteiger partial charge in [0, 0.05) is 42.2 Å². The number of aromatic nitrogens is 2. The number of ether oxygens (including phenoxy) is 1. The molecular formula is C21H28N4O3S. The van der Waals surface area contributed by atoms with Crippen molar-refractivity contribution >= 4 is 23.6 Å². The number of anilines is 1. The van der Waals surface area contributed by atoms with E-state index < -0.39 is 0 Å². The molecule has 0 unspecified atom stereocenters. The minimum Gasteiger partial charge on any atom is -0.378 e. The van der Waals surface area contributed by atoms with Gasteiger partial charge in [-0.05, 0) is 37.7 Å². The number of aryl methyl sites for hydroxylation is 1. The third kappa shape index (κ3) is 6.61. The third-order valence-corrected chi connectivity index (χ3v) is 5.88. The molecule has 0 radical (unpaired) electrons. The number of nitrogens with zero attached hydrogens (tertiary/aromatic N) is 2. The molecule has 0 atom stereocenters. The molecule has 2 N–H and O–H groups in total. The molecule has 0 spiro atoms. The summed E-state index contributed by atoms with van der Waals surface area (Å²) < 4.78 is 5.33. The third-order valence-electron chi connectivity index (χ3n) is 4.78. The highest BCUT2D eigenvalue weighted by molar-refractivity contribution is 7.99. The molecule has 2 aromatic rings. The van der Waals surface area contributed by atoms with Crippen molar-refractivity contribution in [2.45, 2.75) is 31.1 Å². The van der Waals surface area contributed by atoms with E-state index in [2.05, 4.69) is 27.4 Å². The van der Waals surface area contributed by atoms with Gasteiger partial charge in [0.25, 0.3) is 5.56 Å². The van der Waals surface area contributed by atoms with Crippen molar-refractivity contribution in [3.8, 4) is 0 Å². The van der Waals surface area contributed by atoms with Crippen molar-refractivity contribution < 1.29 is 9.53 Å². The summed E-state index contributed by atoms with van der Waals surface area (Å²) in [5.41, 5.74) is 1.10. The number of benzene rings is 1. The molecule has 3 rings (SSSR count). The quantitative estimate of drug-likeness (QED) is 0.481. The summed E-state index contributed by atoms with van der Waals surface area (Å²) in [7, 11) is 0. The van der Waals surface area contributed by atoms with Crippen molar-refractivity contribution in [1.82, 2.24) is 15.3 Å². The fraction of sp³-hybridized carbons (Fsp3) is 0.476. The molecule has 7 nitrogen and oxygen atoms in total. The second kappa shape index (κ2) is 11.0. The first-order valence-electron chi connectivity index (χ1n) is 10.0. The van der Waals surface area contributed by atoms with Crippen molar-refractivity contribution in [2.24, 2.45) is 0 Å². The van der Waals surface area contributed by atoms with E-state index in [0.717, 1.165) is 12.2 Å². The van der Waals surface area contributed by atoms with Gasteiger partial charge in [0.2, 0.25) is 11.9 Å². The standard InChI is InChI=1S/C21H28N4O3S/c1-16-18(20(27)24-21(23-16)25-11-13-28-14-12-25)8-9-19(26)22-10-5-15-29-17-6-3-2-4-7-17/h2-4,6-7H,5,8-15H2,1H3,(H,22,26)(H,23,24,27). The summed E-state index contributed by atoms with van der Waals surface area (Å²) in [6.45, 7) is 5.16. The highest BCUT2D eigenvalue weighted by atomic mass is 32.2. The van der Waals surface area contributed by atoms with E-state index in [1.54, 1.807) is 11.8 Å². The Hall–Kier alpha value is -2.32. The second-order valence-corrected chi connectivity index (χ2v) is 8.09. The zero-order valence-corrected chi connectivity index (χ0v) is 17.6.